The van der Waals surface area contributed by atoms with E-state index in [1.807, 2.05) is 25.2 Å². The molecule has 0 aliphatic carbocycles. The standard InChI is InChI=1S/C15H16N4OS/c1-19(10-11-8-16-17-9-11)15(20)7-6-14-18-12-4-2-3-5-13(12)21-14/h2-5,8-9H,6-7,10H2,1H3,(H,16,17). The molecule has 1 amide bonds. The van der Waals surface area contributed by atoms with Crippen LogP contribution < -0.4 is 0 Å². The van der Waals surface area contributed by atoms with Crippen LogP contribution in [0.5, 0.6) is 0 Å². The second-order valence-corrected chi connectivity index (χ2v) is 6.05. The largest absolute Gasteiger partial charge is 0.341 e. The van der Waals surface area contributed by atoms with Crippen molar-refractivity contribution in [2.75, 3.05) is 7.05 Å². The van der Waals surface area contributed by atoms with Crippen LogP contribution >= 0.6 is 11.3 Å². The Balaban J connectivity index is 1.57. The van der Waals surface area contributed by atoms with Gasteiger partial charge in [0.2, 0.25) is 5.91 Å². The lowest BCUT2D eigenvalue weighted by molar-refractivity contribution is -0.130. The average molecular weight is 300 g/mol. The number of hydrogen-bond donors (Lipinski definition) is 1. The molecule has 0 radical (unpaired) electrons. The van der Waals surface area contributed by atoms with Crippen LogP contribution in [-0.4, -0.2) is 33.0 Å². The molecule has 0 atom stereocenters. The zero-order chi connectivity index (χ0) is 14.7. The summed E-state index contributed by atoms with van der Waals surface area (Å²) < 4.78 is 1.17. The van der Waals surface area contributed by atoms with E-state index in [0.717, 1.165) is 16.1 Å². The van der Waals surface area contributed by atoms with Crippen LogP contribution in [0.4, 0.5) is 0 Å². The minimum Gasteiger partial charge on any atom is -0.341 e. The number of aromatic amines is 1. The topological polar surface area (TPSA) is 61.9 Å². The molecule has 2 aromatic heterocycles. The van der Waals surface area contributed by atoms with Gasteiger partial charge in [-0.05, 0) is 12.1 Å². The van der Waals surface area contributed by atoms with Crippen LogP contribution in [0.15, 0.2) is 36.7 Å². The van der Waals surface area contributed by atoms with Crippen molar-refractivity contribution in [2.24, 2.45) is 0 Å². The molecule has 3 rings (SSSR count). The third-order valence-electron chi connectivity index (χ3n) is 3.29. The molecule has 0 saturated carbocycles. The lowest BCUT2D eigenvalue weighted by atomic mass is 10.2. The number of fused-ring (bicyclic) bond motifs is 1. The van der Waals surface area contributed by atoms with Crippen molar-refractivity contribution in [3.8, 4) is 0 Å². The van der Waals surface area contributed by atoms with Crippen molar-refractivity contribution in [2.45, 2.75) is 19.4 Å². The molecule has 0 aliphatic rings. The van der Waals surface area contributed by atoms with Crippen molar-refractivity contribution in [3.05, 3.63) is 47.2 Å². The maximum Gasteiger partial charge on any atom is 0.223 e. The first kappa shape index (κ1) is 13.8. The fourth-order valence-electron chi connectivity index (χ4n) is 2.16. The highest BCUT2D eigenvalue weighted by molar-refractivity contribution is 7.18. The predicted molar refractivity (Wildman–Crippen MR) is 83.0 cm³/mol. The van der Waals surface area contributed by atoms with E-state index in [1.165, 1.54) is 4.70 Å². The van der Waals surface area contributed by atoms with Gasteiger partial charge in [-0.15, -0.1) is 11.3 Å². The zero-order valence-corrected chi connectivity index (χ0v) is 12.6. The van der Waals surface area contributed by atoms with Gasteiger partial charge in [0, 0.05) is 38.2 Å². The first-order chi connectivity index (χ1) is 10.2. The van der Waals surface area contributed by atoms with Gasteiger partial charge in [-0.2, -0.15) is 5.10 Å². The highest BCUT2D eigenvalue weighted by Crippen LogP contribution is 2.22. The Kier molecular flexibility index (Phi) is 3.96. The van der Waals surface area contributed by atoms with Crippen molar-refractivity contribution < 1.29 is 4.79 Å². The summed E-state index contributed by atoms with van der Waals surface area (Å²) in [6.45, 7) is 0.579. The summed E-state index contributed by atoms with van der Waals surface area (Å²) in [4.78, 5) is 18.4. The molecular formula is C15H16N4OS. The number of amides is 1. The third-order valence-corrected chi connectivity index (χ3v) is 4.39. The molecule has 3 aromatic rings. The number of nitrogens with zero attached hydrogens (tertiary/aromatic N) is 3. The number of aryl methyl sites for hydroxylation is 1. The van der Waals surface area contributed by atoms with Crippen molar-refractivity contribution >= 4 is 27.5 Å². The van der Waals surface area contributed by atoms with E-state index in [4.69, 9.17) is 0 Å². The van der Waals surface area contributed by atoms with Crippen LogP contribution in [0.2, 0.25) is 0 Å². The van der Waals surface area contributed by atoms with E-state index in [-0.39, 0.29) is 5.91 Å². The average Bonchev–Trinajstić information content (AvgIpc) is 3.13. The molecule has 0 saturated heterocycles. The molecule has 1 aromatic carbocycles. The molecule has 0 spiro atoms. The maximum atomic E-state index is 12.1. The van der Waals surface area contributed by atoms with Gasteiger partial charge < -0.3 is 4.90 Å². The Morgan fingerprint density at radius 1 is 1.38 bits per heavy atom. The molecule has 0 fully saturated rings. The number of carbonyl (C=O) groups excluding carboxylic acids is 1. The van der Waals surface area contributed by atoms with Gasteiger partial charge in [0.15, 0.2) is 0 Å². The van der Waals surface area contributed by atoms with E-state index in [0.29, 0.717) is 19.4 Å². The second kappa shape index (κ2) is 6.05. The molecule has 2 heterocycles. The smallest absolute Gasteiger partial charge is 0.223 e. The Bertz CT molecular complexity index is 702. The number of benzene rings is 1. The van der Waals surface area contributed by atoms with Gasteiger partial charge in [0.05, 0.1) is 21.4 Å². The van der Waals surface area contributed by atoms with Crippen molar-refractivity contribution in [1.82, 2.24) is 20.1 Å². The van der Waals surface area contributed by atoms with Crippen LogP contribution in [0, 0.1) is 0 Å². The quantitative estimate of drug-likeness (QED) is 0.788. The third kappa shape index (κ3) is 3.28. The number of para-hydroxylation sites is 1. The summed E-state index contributed by atoms with van der Waals surface area (Å²) in [5.74, 6) is 0.121. The van der Waals surface area contributed by atoms with E-state index in [1.54, 1.807) is 28.6 Å². The number of nitrogens with one attached hydrogen (secondary N) is 1. The lowest BCUT2D eigenvalue weighted by Crippen LogP contribution is -2.26. The molecule has 5 nitrogen and oxygen atoms in total. The molecule has 108 valence electrons. The fraction of sp³-hybridized carbons (Fsp3) is 0.267. The summed E-state index contributed by atoms with van der Waals surface area (Å²) in [5, 5.41) is 7.65. The van der Waals surface area contributed by atoms with Gasteiger partial charge in [-0.3, -0.25) is 9.89 Å². The molecule has 1 N–H and O–H groups in total. The highest BCUT2D eigenvalue weighted by atomic mass is 32.1. The Morgan fingerprint density at radius 2 is 2.24 bits per heavy atom. The first-order valence-electron chi connectivity index (χ1n) is 6.78. The predicted octanol–water partition coefficient (Wildman–Crippen LogP) is 2.61. The van der Waals surface area contributed by atoms with Crippen LogP contribution in [0.1, 0.15) is 17.0 Å². The number of hydrogen-bond acceptors (Lipinski definition) is 4. The van der Waals surface area contributed by atoms with Crippen LogP contribution in [0.25, 0.3) is 10.2 Å². The van der Waals surface area contributed by atoms with Crippen molar-refractivity contribution in [1.29, 1.82) is 0 Å². The molecule has 6 heteroatoms. The number of rotatable bonds is 5. The van der Waals surface area contributed by atoms with Gasteiger partial charge in [-0.1, -0.05) is 12.1 Å². The molecular weight excluding hydrogens is 284 g/mol. The number of carbonyl (C=O) groups is 1. The lowest BCUT2D eigenvalue weighted by Gasteiger charge is -2.15. The maximum absolute atomic E-state index is 12.1. The Labute approximate surface area is 126 Å². The summed E-state index contributed by atoms with van der Waals surface area (Å²) in [7, 11) is 1.81. The minimum atomic E-state index is 0.121. The molecule has 0 bridgehead atoms. The fourth-order valence-corrected chi connectivity index (χ4v) is 3.12. The monoisotopic (exact) mass is 300 g/mol. The van der Waals surface area contributed by atoms with Crippen molar-refractivity contribution in [3.63, 3.8) is 0 Å². The molecule has 0 aliphatic heterocycles. The Hall–Kier alpha value is -2.21. The summed E-state index contributed by atoms with van der Waals surface area (Å²) in [6, 6.07) is 8.05. The Morgan fingerprint density at radius 3 is 3.00 bits per heavy atom. The highest BCUT2D eigenvalue weighted by Gasteiger charge is 2.11. The van der Waals surface area contributed by atoms with Crippen LogP contribution in [0.3, 0.4) is 0 Å². The first-order valence-corrected chi connectivity index (χ1v) is 7.60. The minimum absolute atomic E-state index is 0.121. The summed E-state index contributed by atoms with van der Waals surface area (Å²) in [6.07, 6.45) is 4.71. The summed E-state index contributed by atoms with van der Waals surface area (Å²) >= 11 is 1.66. The number of aromatic nitrogens is 3. The van der Waals surface area contributed by atoms with Gasteiger partial charge in [0.25, 0.3) is 0 Å². The normalized spacial score (nSPS) is 10.9. The van der Waals surface area contributed by atoms with E-state index in [2.05, 4.69) is 21.2 Å². The molecule has 21 heavy (non-hydrogen) atoms. The molecule has 0 unspecified atom stereocenters. The number of thiazole rings is 1. The van der Waals surface area contributed by atoms with Gasteiger partial charge in [0.1, 0.15) is 0 Å². The van der Waals surface area contributed by atoms with E-state index in [9.17, 15) is 4.79 Å². The SMILES string of the molecule is CN(Cc1cn[nH]c1)C(=O)CCc1nc2ccccc2s1. The second-order valence-electron chi connectivity index (χ2n) is 4.93. The van der Waals surface area contributed by atoms with E-state index >= 15 is 0 Å². The van der Waals surface area contributed by atoms with Crippen LogP contribution in [-0.2, 0) is 17.8 Å². The number of H-pyrrole nitrogens is 1. The summed E-state index contributed by atoms with van der Waals surface area (Å²) in [5.41, 5.74) is 2.02. The van der Waals surface area contributed by atoms with Gasteiger partial charge in [-0.25, -0.2) is 4.98 Å². The van der Waals surface area contributed by atoms with E-state index < -0.39 is 0 Å². The zero-order valence-electron chi connectivity index (χ0n) is 11.7. The van der Waals surface area contributed by atoms with Gasteiger partial charge >= 0.3 is 0 Å².